The zero-order valence-electron chi connectivity index (χ0n) is 24.6. The first kappa shape index (κ1) is 32.2. The van der Waals surface area contributed by atoms with Crippen LogP contribution in [0, 0.1) is 11.8 Å². The molecule has 1 aliphatic rings. The maximum atomic E-state index is 13.6. The third-order valence-corrected chi connectivity index (χ3v) is 8.45. The lowest BCUT2D eigenvalue weighted by molar-refractivity contribution is -0.149. The van der Waals surface area contributed by atoms with E-state index in [-0.39, 0.29) is 36.0 Å². The fraction of sp³-hybridized carbons (Fsp3) is 0.517. The highest BCUT2D eigenvalue weighted by molar-refractivity contribution is 7.57. The molecular weight excluding hydrogens is 553 g/mol. The predicted molar refractivity (Wildman–Crippen MR) is 152 cm³/mol. The van der Waals surface area contributed by atoms with Crippen LogP contribution < -0.4 is 23.8 Å². The Kier molecular flexibility index (Phi) is 11.5. The Morgan fingerprint density at radius 1 is 0.927 bits per heavy atom. The summed E-state index contributed by atoms with van der Waals surface area (Å²) in [6.45, 7) is 5.31. The zero-order valence-corrected chi connectivity index (χ0v) is 25.5. The molecule has 0 saturated carbocycles. The van der Waals surface area contributed by atoms with Crippen molar-refractivity contribution in [3.8, 4) is 23.0 Å². The summed E-state index contributed by atoms with van der Waals surface area (Å²) in [6, 6.07) is 9.94. The van der Waals surface area contributed by atoms with E-state index in [1.807, 2.05) is 18.2 Å². The highest BCUT2D eigenvalue weighted by atomic mass is 31.2. The van der Waals surface area contributed by atoms with Crippen LogP contribution in [0.2, 0.25) is 0 Å². The molecule has 0 aliphatic carbocycles. The van der Waals surface area contributed by atoms with Crippen LogP contribution in [-0.2, 0) is 41.2 Å². The summed E-state index contributed by atoms with van der Waals surface area (Å²) in [5.74, 6) is 0.550. The van der Waals surface area contributed by atoms with Crippen molar-refractivity contribution in [2.75, 3.05) is 41.4 Å². The van der Waals surface area contributed by atoms with Gasteiger partial charge in [-0.3, -0.25) is 14.2 Å². The molecule has 0 aromatic heterocycles. The molecule has 12 heteroatoms. The van der Waals surface area contributed by atoms with Gasteiger partial charge in [-0.05, 0) is 69.0 Å². The molecule has 2 unspecified atom stereocenters. The molecule has 0 bridgehead atoms. The summed E-state index contributed by atoms with van der Waals surface area (Å²) in [6.07, 6.45) is 0.429. The Balaban J connectivity index is 1.75. The van der Waals surface area contributed by atoms with Crippen molar-refractivity contribution in [3.05, 3.63) is 47.5 Å². The molecule has 2 aromatic carbocycles. The highest BCUT2D eigenvalue weighted by Gasteiger charge is 2.37. The average Bonchev–Trinajstić information content (AvgIpc) is 3.27. The lowest BCUT2D eigenvalue weighted by Crippen LogP contribution is -2.36. The van der Waals surface area contributed by atoms with Crippen LogP contribution in [0.25, 0.3) is 0 Å². The van der Waals surface area contributed by atoms with Crippen molar-refractivity contribution in [1.82, 2.24) is 5.09 Å². The average molecular weight is 594 g/mol. The molecule has 3 rings (SSSR count). The lowest BCUT2D eigenvalue weighted by atomic mass is 9.85. The molecule has 4 atom stereocenters. The summed E-state index contributed by atoms with van der Waals surface area (Å²) in [5.41, 5.74) is 1.82. The number of cyclic esters (lactones) is 1. The molecular formula is C29H40NO10P. The molecule has 0 radical (unpaired) electrons. The molecule has 41 heavy (non-hydrogen) atoms. The maximum Gasteiger partial charge on any atom is 0.342 e. The Bertz CT molecular complexity index is 1250. The van der Waals surface area contributed by atoms with E-state index in [1.54, 1.807) is 46.3 Å². The minimum absolute atomic E-state index is 0.0410. The Morgan fingerprint density at radius 2 is 1.51 bits per heavy atom. The Morgan fingerprint density at radius 3 is 2.10 bits per heavy atom. The molecule has 1 N–H and O–H groups in total. The second-order valence-electron chi connectivity index (χ2n) is 10.1. The van der Waals surface area contributed by atoms with Crippen LogP contribution in [0.4, 0.5) is 0 Å². The van der Waals surface area contributed by atoms with Crippen molar-refractivity contribution in [3.63, 3.8) is 0 Å². The molecule has 1 heterocycles. The fourth-order valence-corrected chi connectivity index (χ4v) is 6.32. The quantitative estimate of drug-likeness (QED) is 0.233. The normalized spacial score (nSPS) is 18.8. The minimum Gasteiger partial charge on any atom is -0.493 e. The summed E-state index contributed by atoms with van der Waals surface area (Å²) >= 11 is 0. The number of carbonyl (C=O) groups is 2. The van der Waals surface area contributed by atoms with E-state index >= 15 is 0 Å². The monoisotopic (exact) mass is 593 g/mol. The first-order valence-electron chi connectivity index (χ1n) is 13.3. The second-order valence-corrected chi connectivity index (χ2v) is 12.1. The molecule has 226 valence electrons. The van der Waals surface area contributed by atoms with Gasteiger partial charge >= 0.3 is 19.5 Å². The largest absolute Gasteiger partial charge is 0.493 e. The van der Waals surface area contributed by atoms with E-state index in [4.69, 9.17) is 32.9 Å². The van der Waals surface area contributed by atoms with E-state index in [1.165, 1.54) is 21.1 Å². The van der Waals surface area contributed by atoms with Crippen molar-refractivity contribution in [2.45, 2.75) is 45.8 Å². The first-order chi connectivity index (χ1) is 19.5. The van der Waals surface area contributed by atoms with E-state index in [0.717, 1.165) is 11.1 Å². The standard InChI is InChI=1S/C29H40NO10P/c1-18(2)39-28(31)19(3)30-41(33,17-34-4)40-25-11-9-21(15-27(25)37-7)13-23-22(16-38-29(23)32)12-20-8-10-24(35-5)26(14-20)36-6/h8-11,14-15,18-19,22-23H,12-13,16-17H2,1-7H3,(H,30,33)/t19?,22-,23+,41?/m0/s1. The van der Waals surface area contributed by atoms with Crippen LogP contribution >= 0.6 is 7.52 Å². The van der Waals surface area contributed by atoms with Crippen molar-refractivity contribution < 1.29 is 47.1 Å². The topological polar surface area (TPSA) is 128 Å². The maximum absolute atomic E-state index is 13.6. The fourth-order valence-electron chi connectivity index (χ4n) is 4.64. The van der Waals surface area contributed by atoms with Crippen LogP contribution in [0.15, 0.2) is 36.4 Å². The first-order valence-corrected chi connectivity index (χ1v) is 15.1. The molecule has 11 nitrogen and oxygen atoms in total. The van der Waals surface area contributed by atoms with Crippen LogP contribution in [0.1, 0.15) is 31.9 Å². The second kappa shape index (κ2) is 14.6. The van der Waals surface area contributed by atoms with Crippen LogP contribution in [-0.4, -0.2) is 65.5 Å². The third kappa shape index (κ3) is 8.61. The lowest BCUT2D eigenvalue weighted by Gasteiger charge is -2.24. The molecule has 1 aliphatic heterocycles. The summed E-state index contributed by atoms with van der Waals surface area (Å²) in [5, 5.41) is 2.72. The van der Waals surface area contributed by atoms with Gasteiger partial charge in [-0.1, -0.05) is 12.1 Å². The van der Waals surface area contributed by atoms with Crippen molar-refractivity contribution >= 4 is 19.5 Å². The molecule has 2 aromatic rings. The third-order valence-electron chi connectivity index (χ3n) is 6.58. The number of carbonyl (C=O) groups excluding carboxylic acids is 2. The van der Waals surface area contributed by atoms with Gasteiger partial charge in [-0.25, -0.2) is 5.09 Å². The number of esters is 2. The number of hydrogen-bond acceptors (Lipinski definition) is 10. The van der Waals surface area contributed by atoms with Gasteiger partial charge in [0.1, 0.15) is 12.4 Å². The van der Waals surface area contributed by atoms with Crippen LogP contribution in [0.5, 0.6) is 23.0 Å². The Labute approximate surface area is 241 Å². The van der Waals surface area contributed by atoms with Crippen molar-refractivity contribution in [1.29, 1.82) is 0 Å². The van der Waals surface area contributed by atoms with Gasteiger partial charge in [-0.2, -0.15) is 0 Å². The van der Waals surface area contributed by atoms with Gasteiger partial charge in [0.05, 0.1) is 40.0 Å². The van der Waals surface area contributed by atoms with Crippen LogP contribution in [0.3, 0.4) is 0 Å². The van der Waals surface area contributed by atoms with E-state index in [0.29, 0.717) is 36.7 Å². The number of rotatable bonds is 15. The van der Waals surface area contributed by atoms with Gasteiger partial charge in [0.25, 0.3) is 0 Å². The molecule has 1 fully saturated rings. The summed E-state index contributed by atoms with van der Waals surface area (Å²) in [7, 11) is 2.32. The minimum atomic E-state index is -3.70. The number of benzene rings is 2. The smallest absolute Gasteiger partial charge is 0.342 e. The highest BCUT2D eigenvalue weighted by Crippen LogP contribution is 2.47. The number of methoxy groups -OCH3 is 4. The molecule has 1 saturated heterocycles. The number of hydrogen-bond donors (Lipinski definition) is 1. The van der Waals surface area contributed by atoms with Gasteiger partial charge in [-0.15, -0.1) is 0 Å². The summed E-state index contributed by atoms with van der Waals surface area (Å²) in [4.78, 5) is 25.0. The van der Waals surface area contributed by atoms with Crippen molar-refractivity contribution in [2.24, 2.45) is 11.8 Å². The molecule has 0 spiro atoms. The Hall–Kier alpha value is -3.27. The number of ether oxygens (including phenoxy) is 6. The van der Waals surface area contributed by atoms with Gasteiger partial charge in [0, 0.05) is 13.0 Å². The molecule has 0 amide bonds. The van der Waals surface area contributed by atoms with E-state index in [9.17, 15) is 14.2 Å². The van der Waals surface area contributed by atoms with Gasteiger partial charge in [0.2, 0.25) is 0 Å². The predicted octanol–water partition coefficient (Wildman–Crippen LogP) is 4.39. The SMILES string of the molecule is COCP(=O)(NC(C)C(=O)OC(C)C)Oc1ccc(C[C@H]2C(=O)OC[C@@H]2Cc2ccc(OC)c(OC)c2)cc1OC. The number of nitrogens with one attached hydrogen (secondary N) is 1. The van der Waals surface area contributed by atoms with Gasteiger partial charge in [0.15, 0.2) is 23.0 Å². The van der Waals surface area contributed by atoms with E-state index < -0.39 is 19.5 Å². The summed E-state index contributed by atoms with van der Waals surface area (Å²) < 4.78 is 51.4. The zero-order chi connectivity index (χ0) is 30.2. The van der Waals surface area contributed by atoms with Gasteiger partial charge < -0.3 is 32.9 Å². The van der Waals surface area contributed by atoms with E-state index in [2.05, 4.69) is 5.09 Å².